The topological polar surface area (TPSA) is 70.0 Å². The lowest BCUT2D eigenvalue weighted by molar-refractivity contribution is -0.158. The molecule has 1 heterocycles. The third-order valence-electron chi connectivity index (χ3n) is 2.35. The largest absolute Gasteiger partial charge is 0.399 e. The maximum Gasteiger partial charge on any atom is 0.399 e. The van der Waals surface area contributed by atoms with Gasteiger partial charge in [-0.2, -0.15) is 13.2 Å². The second kappa shape index (κ2) is 4.92. The van der Waals surface area contributed by atoms with Crippen molar-refractivity contribution in [2.75, 3.05) is 0 Å². The molecule has 1 unspecified atom stereocenters. The summed E-state index contributed by atoms with van der Waals surface area (Å²) in [6, 6.07) is 0. The maximum absolute atomic E-state index is 12.6. The van der Waals surface area contributed by atoms with Crippen LogP contribution in [0.15, 0.2) is 22.0 Å². The molecule has 0 aliphatic rings. The van der Waals surface area contributed by atoms with E-state index in [1.165, 1.54) is 13.2 Å². The number of alkyl halides is 3. The van der Waals surface area contributed by atoms with Crippen LogP contribution in [0.3, 0.4) is 0 Å². The molecule has 0 aliphatic heterocycles. The Labute approximate surface area is 105 Å². The fraction of sp³-hybridized carbons (Fsp3) is 0.444. The van der Waals surface area contributed by atoms with Crippen molar-refractivity contribution >= 4 is 17.2 Å². The van der Waals surface area contributed by atoms with Crippen molar-refractivity contribution in [1.82, 2.24) is 9.13 Å². The Morgan fingerprint density at radius 1 is 1.39 bits per heavy atom. The summed E-state index contributed by atoms with van der Waals surface area (Å²) in [5, 5.41) is 0. The SMILES string of the molecule is Cn1ccn(CC(C(N)=S)C(F)(F)F)c(=O)c1=O. The van der Waals surface area contributed by atoms with Gasteiger partial charge in [-0.25, -0.2) is 0 Å². The summed E-state index contributed by atoms with van der Waals surface area (Å²) in [5.41, 5.74) is 3.04. The first-order chi connectivity index (χ1) is 8.14. The van der Waals surface area contributed by atoms with Crippen LogP contribution >= 0.6 is 12.2 Å². The van der Waals surface area contributed by atoms with E-state index >= 15 is 0 Å². The molecule has 1 aromatic heterocycles. The molecule has 2 N–H and O–H groups in total. The fourth-order valence-corrected chi connectivity index (χ4v) is 1.49. The van der Waals surface area contributed by atoms with Gasteiger partial charge in [0.15, 0.2) is 0 Å². The van der Waals surface area contributed by atoms with Crippen LogP contribution in [0.4, 0.5) is 13.2 Å². The number of nitrogens with two attached hydrogens (primary N) is 1. The normalized spacial score (nSPS) is 13.3. The van der Waals surface area contributed by atoms with E-state index < -0.39 is 34.7 Å². The molecule has 0 saturated heterocycles. The van der Waals surface area contributed by atoms with Gasteiger partial charge < -0.3 is 14.9 Å². The van der Waals surface area contributed by atoms with Gasteiger partial charge in [-0.3, -0.25) is 9.59 Å². The van der Waals surface area contributed by atoms with E-state index in [9.17, 15) is 22.8 Å². The molecule has 5 nitrogen and oxygen atoms in total. The Morgan fingerprint density at radius 3 is 2.39 bits per heavy atom. The van der Waals surface area contributed by atoms with Crippen molar-refractivity contribution in [3.05, 3.63) is 33.1 Å². The van der Waals surface area contributed by atoms with Crippen LogP contribution in [0.25, 0.3) is 0 Å². The van der Waals surface area contributed by atoms with Gasteiger partial charge in [0.25, 0.3) is 0 Å². The van der Waals surface area contributed by atoms with Crippen LogP contribution in [0.1, 0.15) is 0 Å². The first kappa shape index (κ1) is 14.4. The van der Waals surface area contributed by atoms with Crippen molar-refractivity contribution in [1.29, 1.82) is 0 Å². The summed E-state index contributed by atoms with van der Waals surface area (Å²) in [7, 11) is 1.32. The molecule has 0 saturated carbocycles. The highest BCUT2D eigenvalue weighted by molar-refractivity contribution is 7.80. The average molecular weight is 281 g/mol. The smallest absolute Gasteiger partial charge is 0.393 e. The molecule has 0 fully saturated rings. The van der Waals surface area contributed by atoms with Gasteiger partial charge >= 0.3 is 17.3 Å². The number of aromatic nitrogens is 2. The molecule has 0 spiro atoms. The fourth-order valence-electron chi connectivity index (χ4n) is 1.28. The summed E-state index contributed by atoms with van der Waals surface area (Å²) in [4.78, 5) is 22.0. The van der Waals surface area contributed by atoms with Crippen LogP contribution in [-0.2, 0) is 13.6 Å². The molecule has 0 radical (unpaired) electrons. The minimum Gasteiger partial charge on any atom is -0.393 e. The molecule has 1 rings (SSSR count). The number of hydrogen-bond acceptors (Lipinski definition) is 3. The molecule has 0 aromatic carbocycles. The Hall–Kier alpha value is -1.64. The van der Waals surface area contributed by atoms with Crippen molar-refractivity contribution in [2.45, 2.75) is 12.7 Å². The number of aryl methyl sites for hydroxylation is 1. The molecule has 9 heteroatoms. The Bertz CT molecular complexity index is 576. The van der Waals surface area contributed by atoms with Crippen molar-refractivity contribution in [3.63, 3.8) is 0 Å². The Kier molecular flexibility index (Phi) is 3.95. The van der Waals surface area contributed by atoms with Crippen LogP contribution in [0.2, 0.25) is 0 Å². The summed E-state index contributed by atoms with van der Waals surface area (Å²) >= 11 is 4.33. The number of rotatable bonds is 3. The first-order valence-corrected chi connectivity index (χ1v) is 5.17. The van der Waals surface area contributed by atoms with E-state index in [4.69, 9.17) is 5.73 Å². The molecule has 18 heavy (non-hydrogen) atoms. The monoisotopic (exact) mass is 281 g/mol. The highest BCUT2D eigenvalue weighted by Crippen LogP contribution is 2.27. The van der Waals surface area contributed by atoms with Crippen molar-refractivity contribution in [2.24, 2.45) is 18.7 Å². The first-order valence-electron chi connectivity index (χ1n) is 4.76. The second-order valence-corrected chi connectivity index (χ2v) is 4.14. The number of thiocarbonyl (C=S) groups is 1. The lowest BCUT2D eigenvalue weighted by Gasteiger charge is -2.19. The third kappa shape index (κ3) is 2.97. The minimum atomic E-state index is -4.66. The molecule has 100 valence electrons. The quantitative estimate of drug-likeness (QED) is 0.626. The van der Waals surface area contributed by atoms with Gasteiger partial charge in [0.2, 0.25) is 0 Å². The molecule has 0 bridgehead atoms. The van der Waals surface area contributed by atoms with Crippen LogP contribution < -0.4 is 16.9 Å². The van der Waals surface area contributed by atoms with Gasteiger partial charge in [0, 0.05) is 26.0 Å². The average Bonchev–Trinajstić information content (AvgIpc) is 2.22. The number of halogens is 3. The zero-order chi connectivity index (χ0) is 14.1. The predicted octanol–water partition coefficient (Wildman–Crippen LogP) is 0.0116. The highest BCUT2D eigenvalue weighted by Gasteiger charge is 2.42. The summed E-state index contributed by atoms with van der Waals surface area (Å²) in [6.45, 7) is -0.798. The van der Waals surface area contributed by atoms with Gasteiger partial charge in [-0.15, -0.1) is 0 Å². The van der Waals surface area contributed by atoms with E-state index in [0.29, 0.717) is 4.57 Å². The predicted molar refractivity (Wildman–Crippen MR) is 62.3 cm³/mol. The van der Waals surface area contributed by atoms with E-state index in [-0.39, 0.29) is 0 Å². The number of hydrogen-bond donors (Lipinski definition) is 1. The lowest BCUT2D eigenvalue weighted by atomic mass is 10.1. The Balaban J connectivity index is 3.19. The highest BCUT2D eigenvalue weighted by atomic mass is 32.1. The second-order valence-electron chi connectivity index (χ2n) is 3.67. The van der Waals surface area contributed by atoms with Gasteiger partial charge in [0.05, 0.1) is 4.99 Å². The van der Waals surface area contributed by atoms with Gasteiger partial charge in [-0.1, -0.05) is 12.2 Å². The molecule has 1 aromatic rings. The van der Waals surface area contributed by atoms with Gasteiger partial charge in [-0.05, 0) is 0 Å². The standard InChI is InChI=1S/C9H10F3N3O2S/c1-14-2-3-15(8(17)7(14)16)4-5(6(13)18)9(10,11)12/h2-3,5H,4H2,1H3,(H2,13,18). The van der Waals surface area contributed by atoms with Crippen molar-refractivity contribution in [3.8, 4) is 0 Å². The molecule has 1 atom stereocenters. The van der Waals surface area contributed by atoms with Crippen molar-refractivity contribution < 1.29 is 13.2 Å². The Morgan fingerprint density at radius 2 is 1.94 bits per heavy atom. The van der Waals surface area contributed by atoms with Gasteiger partial charge in [0.1, 0.15) is 5.92 Å². The summed E-state index contributed by atoms with van der Waals surface area (Å²) < 4.78 is 39.4. The molecule has 0 aliphatic carbocycles. The van der Waals surface area contributed by atoms with E-state index in [1.54, 1.807) is 0 Å². The lowest BCUT2D eigenvalue weighted by Crippen LogP contribution is -2.44. The number of nitrogens with zero attached hydrogens (tertiary/aromatic N) is 2. The summed E-state index contributed by atoms with van der Waals surface area (Å²) in [5.74, 6) is -2.14. The van der Waals surface area contributed by atoms with E-state index in [2.05, 4.69) is 12.2 Å². The zero-order valence-corrected chi connectivity index (χ0v) is 10.1. The van der Waals surface area contributed by atoms with Crippen LogP contribution in [-0.4, -0.2) is 20.3 Å². The van der Waals surface area contributed by atoms with E-state index in [0.717, 1.165) is 10.8 Å². The third-order valence-corrected chi connectivity index (χ3v) is 2.64. The molecular formula is C9H10F3N3O2S. The summed E-state index contributed by atoms with van der Waals surface area (Å²) in [6.07, 6.45) is -2.39. The van der Waals surface area contributed by atoms with Crippen LogP contribution in [0, 0.1) is 5.92 Å². The molecular weight excluding hydrogens is 271 g/mol. The zero-order valence-electron chi connectivity index (χ0n) is 9.27. The minimum absolute atomic E-state index is 0.652. The molecule has 0 amide bonds. The maximum atomic E-state index is 12.6. The van der Waals surface area contributed by atoms with Crippen LogP contribution in [0.5, 0.6) is 0 Å². The van der Waals surface area contributed by atoms with E-state index in [1.807, 2.05) is 0 Å².